The zero-order chi connectivity index (χ0) is 14.4. The third kappa shape index (κ3) is 7.24. The minimum atomic E-state index is -0.433. The van der Waals surface area contributed by atoms with Gasteiger partial charge in [0.25, 0.3) is 0 Å². The van der Waals surface area contributed by atoms with E-state index in [-0.39, 0.29) is 23.7 Å². The van der Waals surface area contributed by atoms with Crippen LogP contribution in [-0.4, -0.2) is 11.9 Å². The van der Waals surface area contributed by atoms with E-state index in [1.54, 1.807) is 0 Å². The Morgan fingerprint density at radius 2 is 1.44 bits per heavy atom. The monoisotopic (exact) mass is 260 g/mol. The van der Waals surface area contributed by atoms with E-state index in [0.29, 0.717) is 6.42 Å². The van der Waals surface area contributed by atoms with Crippen molar-refractivity contribution in [2.45, 2.75) is 53.4 Å². The Hall–Kier alpha value is -1.14. The Morgan fingerprint density at radius 1 is 0.944 bits per heavy atom. The van der Waals surface area contributed by atoms with Crippen molar-refractivity contribution < 1.29 is 19.3 Å². The maximum absolute atomic E-state index is 11.2. The molecule has 18 heavy (non-hydrogen) atoms. The molecule has 0 aliphatic carbocycles. The first-order chi connectivity index (χ1) is 8.12. The molecule has 106 valence electrons. The van der Waals surface area contributed by atoms with Gasteiger partial charge in [-0.2, -0.15) is 11.8 Å². The molecule has 0 saturated heterocycles. The van der Waals surface area contributed by atoms with Gasteiger partial charge < -0.3 is 9.68 Å². The van der Waals surface area contributed by atoms with Gasteiger partial charge in [-0.3, -0.25) is 9.59 Å². The second-order valence-corrected chi connectivity index (χ2v) is 6.16. The lowest BCUT2D eigenvalue weighted by Crippen LogP contribution is -2.28. The molecule has 0 aromatic rings. The SMILES string of the molecule is CC(C)(CCC(=O)ON)CC(C)(C)CC(=O)ON. The largest absolute Gasteiger partial charge is 0.373 e. The topological polar surface area (TPSA) is 105 Å². The lowest BCUT2D eigenvalue weighted by atomic mass is 9.71. The standard InChI is InChI=1S/C12H24N2O4/c1-11(2,6-5-9(15)17-13)8-12(3,4)7-10(16)18-14/h5-8,13-14H2,1-4H3. The van der Waals surface area contributed by atoms with Crippen molar-refractivity contribution in [1.29, 1.82) is 0 Å². The zero-order valence-corrected chi connectivity index (χ0v) is 11.6. The molecular formula is C12H24N2O4. The number of hydrogen-bond donors (Lipinski definition) is 2. The fraction of sp³-hybridized carbons (Fsp3) is 0.833. The van der Waals surface area contributed by atoms with Gasteiger partial charge in [-0.1, -0.05) is 27.7 Å². The van der Waals surface area contributed by atoms with Gasteiger partial charge in [0.2, 0.25) is 0 Å². The number of hydrogen-bond acceptors (Lipinski definition) is 6. The smallest absolute Gasteiger partial charge is 0.324 e. The molecule has 0 aliphatic rings. The molecule has 0 radical (unpaired) electrons. The summed E-state index contributed by atoms with van der Waals surface area (Å²) in [5.41, 5.74) is -0.348. The molecule has 0 heterocycles. The normalized spacial score (nSPS) is 12.1. The van der Waals surface area contributed by atoms with Crippen LogP contribution in [0.3, 0.4) is 0 Å². The molecule has 0 amide bonds. The third-order valence-electron chi connectivity index (χ3n) is 2.85. The summed E-state index contributed by atoms with van der Waals surface area (Å²) >= 11 is 0. The maximum Gasteiger partial charge on any atom is 0.324 e. The maximum atomic E-state index is 11.2. The Balaban J connectivity index is 4.36. The van der Waals surface area contributed by atoms with Gasteiger partial charge in [0.15, 0.2) is 0 Å². The lowest BCUT2D eigenvalue weighted by molar-refractivity contribution is -0.148. The van der Waals surface area contributed by atoms with Crippen LogP contribution in [0.15, 0.2) is 0 Å². The summed E-state index contributed by atoms with van der Waals surface area (Å²) in [6.45, 7) is 8.00. The van der Waals surface area contributed by atoms with Crippen LogP contribution in [0.25, 0.3) is 0 Å². The van der Waals surface area contributed by atoms with Gasteiger partial charge in [-0.05, 0) is 23.7 Å². The van der Waals surface area contributed by atoms with Gasteiger partial charge in [0, 0.05) is 6.42 Å². The summed E-state index contributed by atoms with van der Waals surface area (Å²) in [7, 11) is 0. The second kappa shape index (κ2) is 6.70. The van der Waals surface area contributed by atoms with E-state index in [1.807, 2.05) is 27.7 Å². The second-order valence-electron chi connectivity index (χ2n) is 6.16. The first-order valence-electron chi connectivity index (χ1n) is 5.91. The van der Waals surface area contributed by atoms with Crippen LogP contribution < -0.4 is 11.8 Å². The summed E-state index contributed by atoms with van der Waals surface area (Å²) in [6, 6.07) is 0. The van der Waals surface area contributed by atoms with Crippen molar-refractivity contribution in [1.82, 2.24) is 0 Å². The molecule has 0 aliphatic heterocycles. The van der Waals surface area contributed by atoms with Crippen molar-refractivity contribution in [3.8, 4) is 0 Å². The molecular weight excluding hydrogens is 236 g/mol. The minimum absolute atomic E-state index is 0.105. The number of rotatable bonds is 7. The number of carbonyl (C=O) groups excluding carboxylic acids is 2. The van der Waals surface area contributed by atoms with Crippen molar-refractivity contribution in [2.24, 2.45) is 22.6 Å². The molecule has 0 atom stereocenters. The van der Waals surface area contributed by atoms with Crippen molar-refractivity contribution in [3.05, 3.63) is 0 Å². The molecule has 6 nitrogen and oxygen atoms in total. The predicted octanol–water partition coefficient (Wildman–Crippen LogP) is 1.43. The van der Waals surface area contributed by atoms with Crippen molar-refractivity contribution in [3.63, 3.8) is 0 Å². The van der Waals surface area contributed by atoms with E-state index in [2.05, 4.69) is 9.68 Å². The molecule has 0 aromatic carbocycles. The van der Waals surface area contributed by atoms with Crippen LogP contribution in [0.2, 0.25) is 0 Å². The van der Waals surface area contributed by atoms with Crippen LogP contribution in [0.5, 0.6) is 0 Å². The van der Waals surface area contributed by atoms with Crippen molar-refractivity contribution in [2.75, 3.05) is 0 Å². The molecule has 0 saturated carbocycles. The van der Waals surface area contributed by atoms with E-state index < -0.39 is 11.9 Å². The van der Waals surface area contributed by atoms with E-state index >= 15 is 0 Å². The highest BCUT2D eigenvalue weighted by Crippen LogP contribution is 2.39. The molecule has 0 rings (SSSR count). The molecule has 0 unspecified atom stereocenters. The van der Waals surface area contributed by atoms with Gasteiger partial charge in [-0.15, -0.1) is 0 Å². The Bertz CT molecular complexity index is 300. The first-order valence-corrected chi connectivity index (χ1v) is 5.91. The molecule has 0 aromatic heterocycles. The Kier molecular flexibility index (Phi) is 6.28. The van der Waals surface area contributed by atoms with Gasteiger partial charge in [0.1, 0.15) is 0 Å². The fourth-order valence-electron chi connectivity index (χ4n) is 2.38. The molecule has 4 N–H and O–H groups in total. The average molecular weight is 260 g/mol. The van der Waals surface area contributed by atoms with Crippen LogP contribution >= 0.6 is 0 Å². The number of nitrogens with two attached hydrogens (primary N) is 2. The summed E-state index contributed by atoms with van der Waals surface area (Å²) in [5.74, 6) is 8.76. The van der Waals surface area contributed by atoms with Crippen LogP contribution in [-0.2, 0) is 19.3 Å². The van der Waals surface area contributed by atoms with E-state index in [0.717, 1.165) is 6.42 Å². The van der Waals surface area contributed by atoms with Gasteiger partial charge in [-0.25, -0.2) is 0 Å². The average Bonchev–Trinajstić information content (AvgIpc) is 2.23. The molecule has 0 bridgehead atoms. The fourth-order valence-corrected chi connectivity index (χ4v) is 2.38. The van der Waals surface area contributed by atoms with Crippen molar-refractivity contribution >= 4 is 11.9 Å². The van der Waals surface area contributed by atoms with Crippen LogP contribution in [0.1, 0.15) is 53.4 Å². The highest BCUT2D eigenvalue weighted by Gasteiger charge is 2.31. The predicted molar refractivity (Wildman–Crippen MR) is 66.6 cm³/mol. The van der Waals surface area contributed by atoms with E-state index in [9.17, 15) is 9.59 Å². The molecule has 0 fully saturated rings. The summed E-state index contributed by atoms with van der Waals surface area (Å²) in [4.78, 5) is 30.5. The van der Waals surface area contributed by atoms with E-state index in [1.165, 1.54) is 0 Å². The highest BCUT2D eigenvalue weighted by atomic mass is 16.7. The summed E-state index contributed by atoms with van der Waals surface area (Å²) in [6.07, 6.45) is 1.91. The summed E-state index contributed by atoms with van der Waals surface area (Å²) < 4.78 is 0. The summed E-state index contributed by atoms with van der Waals surface area (Å²) in [5, 5.41) is 0. The highest BCUT2D eigenvalue weighted by molar-refractivity contribution is 5.70. The van der Waals surface area contributed by atoms with Gasteiger partial charge >= 0.3 is 11.9 Å². The minimum Gasteiger partial charge on any atom is -0.373 e. The zero-order valence-electron chi connectivity index (χ0n) is 11.6. The van der Waals surface area contributed by atoms with Gasteiger partial charge in [0.05, 0.1) is 6.42 Å². The Morgan fingerprint density at radius 3 is 1.89 bits per heavy atom. The van der Waals surface area contributed by atoms with Crippen LogP contribution in [0, 0.1) is 10.8 Å². The molecule has 6 heteroatoms. The molecule has 0 spiro atoms. The first kappa shape index (κ1) is 16.9. The number of carbonyl (C=O) groups is 2. The lowest BCUT2D eigenvalue weighted by Gasteiger charge is -2.34. The quantitative estimate of drug-likeness (QED) is 0.671. The van der Waals surface area contributed by atoms with Crippen LogP contribution in [0.4, 0.5) is 0 Å². The third-order valence-corrected chi connectivity index (χ3v) is 2.85. The van der Waals surface area contributed by atoms with E-state index in [4.69, 9.17) is 11.8 Å². The Labute approximate surface area is 108 Å².